The van der Waals surface area contributed by atoms with Crippen LogP contribution in [0.25, 0.3) is 33.3 Å². The van der Waals surface area contributed by atoms with Crippen LogP contribution in [-0.2, 0) is 0 Å². The van der Waals surface area contributed by atoms with Gasteiger partial charge in [0.05, 0.1) is 11.6 Å². The number of halogens is 1. The predicted octanol–water partition coefficient (Wildman–Crippen LogP) is 3.85. The molecule has 3 aromatic heterocycles. The van der Waals surface area contributed by atoms with Crippen molar-refractivity contribution < 1.29 is 13.5 Å². The van der Waals surface area contributed by atoms with E-state index in [0.29, 0.717) is 40.6 Å². The van der Waals surface area contributed by atoms with Crippen molar-refractivity contribution in [3.05, 3.63) is 42.4 Å². The predicted molar refractivity (Wildman–Crippen MR) is 133 cm³/mol. The number of anilines is 1. The molecule has 0 amide bonds. The molecule has 2 unspecified atom stereocenters. The number of rotatable bonds is 5. The van der Waals surface area contributed by atoms with Crippen LogP contribution in [0, 0.1) is 5.82 Å². The van der Waals surface area contributed by atoms with Crippen molar-refractivity contribution >= 4 is 27.8 Å². The molecule has 0 radical (unpaired) electrons. The second-order valence-electron chi connectivity index (χ2n) is 9.50. The minimum Gasteiger partial charge on any atom is -0.464 e. The van der Waals surface area contributed by atoms with Gasteiger partial charge in [-0.15, -0.1) is 0 Å². The monoisotopic (exact) mass is 476 g/mol. The number of pyridine rings is 1. The quantitative estimate of drug-likeness (QED) is 0.465. The molecule has 2 fully saturated rings. The van der Waals surface area contributed by atoms with Crippen LogP contribution in [0.5, 0.6) is 6.01 Å². The maximum atomic E-state index is 15.6. The van der Waals surface area contributed by atoms with Gasteiger partial charge in [-0.1, -0.05) is 12.1 Å². The highest BCUT2D eigenvalue weighted by atomic mass is 19.1. The number of aromatic nitrogens is 3. The van der Waals surface area contributed by atoms with E-state index in [2.05, 4.69) is 34.1 Å². The topological polar surface area (TPSA) is 79.5 Å². The molecule has 0 saturated carbocycles. The first-order chi connectivity index (χ1) is 17.1. The van der Waals surface area contributed by atoms with Gasteiger partial charge in [0.1, 0.15) is 23.7 Å². The molecular formula is C26H29FN6O2. The molecule has 0 spiro atoms. The van der Waals surface area contributed by atoms with Crippen molar-refractivity contribution in [2.75, 3.05) is 44.7 Å². The molecule has 9 heteroatoms. The largest absolute Gasteiger partial charge is 0.464 e. The Kier molecular flexibility index (Phi) is 5.74. The maximum Gasteiger partial charge on any atom is 0.320 e. The third-order valence-corrected chi connectivity index (χ3v) is 7.18. The molecule has 182 valence electrons. The Morgan fingerprint density at radius 2 is 2.11 bits per heavy atom. The lowest BCUT2D eigenvalue weighted by Crippen LogP contribution is -2.50. The standard InChI is InChI=1S/C26H29FN6O2/c1-16-14-28-9-11-33(16)25-20-13-21(27)22(19-7-3-5-17-8-12-34-23(17)19)29-24(20)30-26(31-25)35-15-18-6-4-10-32(18)2/h3,5,7-8,12-13,16,18,28H,4,6,9-11,14-15H2,1-2H3. The summed E-state index contributed by atoms with van der Waals surface area (Å²) in [6, 6.07) is 9.78. The Morgan fingerprint density at radius 1 is 1.20 bits per heavy atom. The Labute approximate surface area is 203 Å². The van der Waals surface area contributed by atoms with Crippen molar-refractivity contribution in [1.82, 2.24) is 25.2 Å². The van der Waals surface area contributed by atoms with Gasteiger partial charge in [-0.05, 0) is 51.6 Å². The third kappa shape index (κ3) is 4.08. The zero-order chi connectivity index (χ0) is 23.9. The molecule has 2 saturated heterocycles. The summed E-state index contributed by atoms with van der Waals surface area (Å²) in [6.07, 6.45) is 3.85. The van der Waals surface area contributed by atoms with E-state index in [1.165, 1.54) is 6.07 Å². The Balaban J connectivity index is 1.46. The average Bonchev–Trinajstić information content (AvgIpc) is 3.51. The van der Waals surface area contributed by atoms with Gasteiger partial charge in [-0.25, -0.2) is 9.37 Å². The van der Waals surface area contributed by atoms with Gasteiger partial charge in [0.25, 0.3) is 0 Å². The molecule has 2 atom stereocenters. The zero-order valence-electron chi connectivity index (χ0n) is 20.0. The summed E-state index contributed by atoms with van der Waals surface area (Å²) >= 11 is 0. The van der Waals surface area contributed by atoms with Crippen LogP contribution in [0.3, 0.4) is 0 Å². The van der Waals surface area contributed by atoms with Crippen molar-refractivity contribution in [3.8, 4) is 17.3 Å². The number of para-hydroxylation sites is 1. The average molecular weight is 477 g/mol. The minimum atomic E-state index is -0.435. The Morgan fingerprint density at radius 3 is 2.94 bits per heavy atom. The van der Waals surface area contributed by atoms with Crippen molar-refractivity contribution in [2.45, 2.75) is 31.8 Å². The lowest BCUT2D eigenvalue weighted by molar-refractivity contribution is 0.188. The number of fused-ring (bicyclic) bond motifs is 2. The lowest BCUT2D eigenvalue weighted by atomic mass is 10.1. The number of hydrogen-bond donors (Lipinski definition) is 1. The lowest BCUT2D eigenvalue weighted by Gasteiger charge is -2.35. The number of nitrogens with zero attached hydrogens (tertiary/aromatic N) is 5. The van der Waals surface area contributed by atoms with Crippen LogP contribution in [0.2, 0.25) is 0 Å². The maximum absolute atomic E-state index is 15.6. The van der Waals surface area contributed by atoms with E-state index in [0.717, 1.165) is 44.4 Å². The fourth-order valence-corrected chi connectivity index (χ4v) is 5.16. The van der Waals surface area contributed by atoms with Gasteiger partial charge < -0.3 is 24.3 Å². The minimum absolute atomic E-state index is 0.190. The highest BCUT2D eigenvalue weighted by Crippen LogP contribution is 2.34. The van der Waals surface area contributed by atoms with Gasteiger partial charge >= 0.3 is 6.01 Å². The Bertz CT molecular complexity index is 1370. The molecule has 2 aliphatic heterocycles. The molecule has 4 aromatic rings. The van der Waals surface area contributed by atoms with Crippen molar-refractivity contribution in [1.29, 1.82) is 0 Å². The van der Waals surface area contributed by atoms with E-state index in [1.807, 2.05) is 24.3 Å². The van der Waals surface area contributed by atoms with E-state index >= 15 is 4.39 Å². The summed E-state index contributed by atoms with van der Waals surface area (Å²) in [7, 11) is 2.11. The molecule has 0 aliphatic carbocycles. The van der Waals surface area contributed by atoms with Crippen LogP contribution in [-0.4, -0.2) is 71.8 Å². The molecular weight excluding hydrogens is 447 g/mol. The van der Waals surface area contributed by atoms with Crippen molar-refractivity contribution in [2.24, 2.45) is 0 Å². The van der Waals surface area contributed by atoms with Crippen LogP contribution < -0.4 is 15.0 Å². The molecule has 6 rings (SSSR count). The second kappa shape index (κ2) is 9.05. The summed E-state index contributed by atoms with van der Waals surface area (Å²) in [5.74, 6) is 0.225. The highest BCUT2D eigenvalue weighted by Gasteiger charge is 2.26. The highest BCUT2D eigenvalue weighted by molar-refractivity contribution is 5.94. The first-order valence-electron chi connectivity index (χ1n) is 12.2. The van der Waals surface area contributed by atoms with Crippen LogP contribution in [0.1, 0.15) is 19.8 Å². The number of ether oxygens (including phenoxy) is 1. The molecule has 2 aliphatic rings. The van der Waals surface area contributed by atoms with Gasteiger partial charge in [0, 0.05) is 42.7 Å². The first kappa shape index (κ1) is 22.2. The molecule has 8 nitrogen and oxygen atoms in total. The van der Waals surface area contributed by atoms with Crippen molar-refractivity contribution in [3.63, 3.8) is 0 Å². The molecule has 0 bridgehead atoms. The zero-order valence-corrected chi connectivity index (χ0v) is 20.0. The summed E-state index contributed by atoms with van der Waals surface area (Å²) < 4.78 is 27.3. The van der Waals surface area contributed by atoms with Crippen LogP contribution in [0.4, 0.5) is 10.2 Å². The SMILES string of the molecule is CC1CNCCN1c1nc(OCC2CCCN2C)nc2nc(-c3cccc4ccoc34)c(F)cc12. The summed E-state index contributed by atoms with van der Waals surface area (Å²) in [5.41, 5.74) is 1.81. The van der Waals surface area contributed by atoms with Crippen LogP contribution >= 0.6 is 0 Å². The summed E-state index contributed by atoms with van der Waals surface area (Å²) in [5, 5.41) is 4.87. The van der Waals surface area contributed by atoms with E-state index in [4.69, 9.17) is 19.1 Å². The number of likely N-dealkylation sites (N-methyl/N-ethyl adjacent to an activating group) is 1. The number of hydrogen-bond acceptors (Lipinski definition) is 8. The van der Waals surface area contributed by atoms with Gasteiger partial charge in [0.15, 0.2) is 11.5 Å². The van der Waals surface area contributed by atoms with E-state index in [-0.39, 0.29) is 17.7 Å². The fourth-order valence-electron chi connectivity index (χ4n) is 5.16. The molecule has 1 aromatic carbocycles. The smallest absolute Gasteiger partial charge is 0.320 e. The normalized spacial score (nSPS) is 21.3. The molecule has 1 N–H and O–H groups in total. The second-order valence-corrected chi connectivity index (χ2v) is 9.50. The van der Waals surface area contributed by atoms with Gasteiger partial charge in [0.2, 0.25) is 0 Å². The number of furan rings is 1. The van der Waals surface area contributed by atoms with E-state index in [1.54, 1.807) is 6.26 Å². The van der Waals surface area contributed by atoms with Gasteiger partial charge in [-0.3, -0.25) is 0 Å². The molecule has 35 heavy (non-hydrogen) atoms. The van der Waals surface area contributed by atoms with E-state index < -0.39 is 5.82 Å². The first-order valence-corrected chi connectivity index (χ1v) is 12.2. The molecule has 5 heterocycles. The Hall–Kier alpha value is -3.30. The third-order valence-electron chi connectivity index (χ3n) is 7.18. The van der Waals surface area contributed by atoms with E-state index in [9.17, 15) is 0 Å². The fraction of sp³-hybridized carbons (Fsp3) is 0.423. The van der Waals surface area contributed by atoms with Gasteiger partial charge in [-0.2, -0.15) is 9.97 Å². The number of nitrogens with one attached hydrogen (secondary N) is 1. The number of piperazine rings is 1. The number of benzene rings is 1. The summed E-state index contributed by atoms with van der Waals surface area (Å²) in [6.45, 7) is 6.12. The number of likely N-dealkylation sites (tertiary alicyclic amines) is 1. The summed E-state index contributed by atoms with van der Waals surface area (Å²) in [4.78, 5) is 18.6. The van der Waals surface area contributed by atoms with Crippen LogP contribution in [0.15, 0.2) is 41.0 Å².